The summed E-state index contributed by atoms with van der Waals surface area (Å²) in [4.78, 5) is 22.7. The van der Waals surface area contributed by atoms with Gasteiger partial charge in [0.1, 0.15) is 23.9 Å². The van der Waals surface area contributed by atoms with Crippen molar-refractivity contribution >= 4 is 34.4 Å². The summed E-state index contributed by atoms with van der Waals surface area (Å²) in [5.74, 6) is 1.02. The predicted molar refractivity (Wildman–Crippen MR) is 132 cm³/mol. The zero-order valence-electron chi connectivity index (χ0n) is 20.4. The van der Waals surface area contributed by atoms with E-state index in [1.807, 2.05) is 20.8 Å². The summed E-state index contributed by atoms with van der Waals surface area (Å²) in [7, 11) is 1.56. The first-order chi connectivity index (χ1) is 16.6. The number of aromatic nitrogens is 2. The predicted octanol–water partition coefficient (Wildman–Crippen LogP) is 5.93. The smallest absolute Gasteiger partial charge is 0.410 e. The first kappa shape index (κ1) is 25.0. The number of likely N-dealkylation sites (tertiary alicyclic amines) is 1. The molecule has 0 bridgehead atoms. The SMILES string of the molecule is COc1cc2ncnc(NC3=CCCC(Cl)=C3F)c2cc1OC1CCN(C(=O)OC(C)(C)C)CC1. The lowest BCUT2D eigenvalue weighted by atomic mass is 10.1. The molecule has 10 heteroatoms. The topological polar surface area (TPSA) is 85.8 Å². The van der Waals surface area contributed by atoms with Gasteiger partial charge in [0, 0.05) is 37.4 Å². The fraction of sp³-hybridized carbons (Fsp3) is 0.480. The molecule has 2 aromatic rings. The highest BCUT2D eigenvalue weighted by Gasteiger charge is 2.28. The van der Waals surface area contributed by atoms with E-state index in [-0.39, 0.29) is 22.9 Å². The monoisotopic (exact) mass is 504 g/mol. The Balaban J connectivity index is 1.52. The number of methoxy groups -OCH3 is 1. The number of amides is 1. The van der Waals surface area contributed by atoms with Gasteiger partial charge in [-0.2, -0.15) is 0 Å². The Bertz CT molecular complexity index is 1170. The van der Waals surface area contributed by atoms with Crippen LogP contribution in [0.2, 0.25) is 0 Å². The van der Waals surface area contributed by atoms with E-state index in [1.165, 1.54) is 6.33 Å². The minimum Gasteiger partial charge on any atom is -0.493 e. The Morgan fingerprint density at radius 1 is 1.20 bits per heavy atom. The maximum absolute atomic E-state index is 14.5. The third-order valence-corrected chi connectivity index (χ3v) is 6.10. The van der Waals surface area contributed by atoms with Gasteiger partial charge in [0.05, 0.1) is 23.4 Å². The van der Waals surface area contributed by atoms with E-state index in [4.69, 9.17) is 25.8 Å². The largest absolute Gasteiger partial charge is 0.493 e. The van der Waals surface area contributed by atoms with Crippen molar-refractivity contribution in [1.82, 2.24) is 14.9 Å². The highest BCUT2D eigenvalue weighted by molar-refractivity contribution is 6.30. The van der Waals surface area contributed by atoms with Gasteiger partial charge in [-0.1, -0.05) is 17.7 Å². The fourth-order valence-corrected chi connectivity index (χ4v) is 4.21. The molecular formula is C25H30ClFN4O4. The van der Waals surface area contributed by atoms with Crippen LogP contribution in [0.3, 0.4) is 0 Å². The first-order valence-electron chi connectivity index (χ1n) is 11.6. The Morgan fingerprint density at radius 3 is 2.63 bits per heavy atom. The maximum Gasteiger partial charge on any atom is 0.410 e. The standard InChI is InChI=1S/C25H30ClFN4O4/c1-25(2,3)35-24(32)31-10-8-15(9-11-31)34-21-12-16-19(13-20(21)33-4)28-14-29-23(16)30-18-7-5-6-17(26)22(18)27/h7,12-15H,5-6,8-11H2,1-4H3,(H,28,29,30). The van der Waals surface area contributed by atoms with Gasteiger partial charge >= 0.3 is 6.09 Å². The van der Waals surface area contributed by atoms with Gasteiger partial charge in [0.25, 0.3) is 0 Å². The van der Waals surface area contributed by atoms with Crippen LogP contribution in [0.15, 0.2) is 41.1 Å². The van der Waals surface area contributed by atoms with E-state index < -0.39 is 11.4 Å². The minimum atomic E-state index is -0.533. The molecule has 1 aliphatic heterocycles. The van der Waals surface area contributed by atoms with E-state index in [0.717, 1.165) is 0 Å². The fourth-order valence-electron chi connectivity index (χ4n) is 4.00. The zero-order chi connectivity index (χ0) is 25.2. The van der Waals surface area contributed by atoms with Gasteiger partial charge in [-0.05, 0) is 39.7 Å². The lowest BCUT2D eigenvalue weighted by Crippen LogP contribution is -2.44. The Hall–Kier alpha value is -3.07. The quantitative estimate of drug-likeness (QED) is 0.540. The van der Waals surface area contributed by atoms with E-state index >= 15 is 0 Å². The van der Waals surface area contributed by atoms with Crippen molar-refractivity contribution in [3.05, 3.63) is 41.1 Å². The molecule has 1 aromatic carbocycles. The molecule has 4 rings (SSSR count). The van der Waals surface area contributed by atoms with Gasteiger partial charge in [-0.3, -0.25) is 0 Å². The van der Waals surface area contributed by atoms with E-state index in [2.05, 4.69) is 15.3 Å². The number of benzene rings is 1. The molecule has 0 saturated carbocycles. The van der Waals surface area contributed by atoms with E-state index in [0.29, 0.717) is 67.0 Å². The summed E-state index contributed by atoms with van der Waals surface area (Å²) in [6.07, 6.45) is 5.16. The molecular weight excluding hydrogens is 475 g/mol. The molecule has 1 aromatic heterocycles. The van der Waals surface area contributed by atoms with Crippen molar-refractivity contribution in [2.24, 2.45) is 0 Å². The van der Waals surface area contributed by atoms with Crippen molar-refractivity contribution < 1.29 is 23.4 Å². The summed E-state index contributed by atoms with van der Waals surface area (Å²) in [5, 5.41) is 3.90. The normalized spacial score (nSPS) is 17.3. The first-order valence-corrected chi connectivity index (χ1v) is 12.0. The molecule has 188 valence electrons. The molecule has 0 unspecified atom stereocenters. The van der Waals surface area contributed by atoms with Crippen LogP contribution in [0.4, 0.5) is 15.0 Å². The van der Waals surface area contributed by atoms with Crippen molar-refractivity contribution in [2.45, 2.75) is 58.2 Å². The molecule has 2 aliphatic rings. The van der Waals surface area contributed by atoms with Gasteiger partial charge in [-0.25, -0.2) is 19.2 Å². The third kappa shape index (κ3) is 5.96. The molecule has 1 aliphatic carbocycles. The highest BCUT2D eigenvalue weighted by Crippen LogP contribution is 2.37. The van der Waals surface area contributed by atoms with Crippen LogP contribution in [-0.2, 0) is 4.74 Å². The van der Waals surface area contributed by atoms with Crippen molar-refractivity contribution in [2.75, 3.05) is 25.5 Å². The van der Waals surface area contributed by atoms with Crippen LogP contribution in [0.5, 0.6) is 11.5 Å². The number of piperidine rings is 1. The number of hydrogen-bond donors (Lipinski definition) is 1. The van der Waals surface area contributed by atoms with Gasteiger partial charge < -0.3 is 24.4 Å². The van der Waals surface area contributed by atoms with Crippen LogP contribution in [0.1, 0.15) is 46.5 Å². The number of halogens is 2. The summed E-state index contributed by atoms with van der Waals surface area (Å²) >= 11 is 6.00. The maximum atomic E-state index is 14.5. The molecule has 1 N–H and O–H groups in total. The second kappa shape index (κ2) is 10.3. The Morgan fingerprint density at radius 2 is 1.94 bits per heavy atom. The zero-order valence-corrected chi connectivity index (χ0v) is 21.1. The van der Waals surface area contributed by atoms with Gasteiger partial charge in [0.2, 0.25) is 0 Å². The van der Waals surface area contributed by atoms with Crippen molar-refractivity contribution in [3.63, 3.8) is 0 Å². The molecule has 1 fully saturated rings. The van der Waals surface area contributed by atoms with Crippen LogP contribution in [0.25, 0.3) is 10.9 Å². The summed E-state index contributed by atoms with van der Waals surface area (Å²) in [5.41, 5.74) is 0.376. The molecule has 8 nitrogen and oxygen atoms in total. The number of carbonyl (C=O) groups is 1. The molecule has 1 saturated heterocycles. The molecule has 35 heavy (non-hydrogen) atoms. The van der Waals surface area contributed by atoms with Gasteiger partial charge in [0.15, 0.2) is 17.3 Å². The number of nitrogens with zero attached hydrogens (tertiary/aromatic N) is 3. The number of nitrogens with one attached hydrogen (secondary N) is 1. The lowest BCUT2D eigenvalue weighted by Gasteiger charge is -2.33. The molecule has 2 heterocycles. The van der Waals surface area contributed by atoms with Gasteiger partial charge in [-0.15, -0.1) is 0 Å². The molecule has 0 atom stereocenters. The van der Waals surface area contributed by atoms with E-state index in [1.54, 1.807) is 30.2 Å². The average molecular weight is 505 g/mol. The Labute approximate surface area is 209 Å². The number of allylic oxidation sites excluding steroid dienone is 3. The molecule has 1 amide bonds. The number of ether oxygens (including phenoxy) is 3. The summed E-state index contributed by atoms with van der Waals surface area (Å²) < 4.78 is 31.8. The van der Waals surface area contributed by atoms with Crippen LogP contribution in [0, 0.1) is 0 Å². The summed E-state index contributed by atoms with van der Waals surface area (Å²) in [6.45, 7) is 6.62. The summed E-state index contributed by atoms with van der Waals surface area (Å²) in [6, 6.07) is 3.56. The van der Waals surface area contributed by atoms with Crippen molar-refractivity contribution in [3.8, 4) is 11.5 Å². The average Bonchev–Trinajstić information content (AvgIpc) is 2.81. The molecule has 0 radical (unpaired) electrons. The second-order valence-corrected chi connectivity index (χ2v) is 9.98. The lowest BCUT2D eigenvalue weighted by molar-refractivity contribution is 0.0124. The van der Waals surface area contributed by atoms with Crippen molar-refractivity contribution in [1.29, 1.82) is 0 Å². The van der Waals surface area contributed by atoms with E-state index in [9.17, 15) is 9.18 Å². The number of carbonyl (C=O) groups excluding carboxylic acids is 1. The minimum absolute atomic E-state index is 0.110. The number of hydrogen-bond acceptors (Lipinski definition) is 7. The Kier molecular flexibility index (Phi) is 7.35. The highest BCUT2D eigenvalue weighted by atomic mass is 35.5. The number of fused-ring (bicyclic) bond motifs is 1. The number of rotatable bonds is 5. The number of anilines is 1. The second-order valence-electron chi connectivity index (χ2n) is 9.53. The third-order valence-electron chi connectivity index (χ3n) is 5.75. The van der Waals surface area contributed by atoms with Crippen LogP contribution < -0.4 is 14.8 Å². The molecule has 0 spiro atoms. The van der Waals surface area contributed by atoms with Crippen LogP contribution in [-0.4, -0.2) is 52.9 Å². The van der Waals surface area contributed by atoms with Crippen LogP contribution >= 0.6 is 11.6 Å².